The van der Waals surface area contributed by atoms with Crippen molar-refractivity contribution < 1.29 is 13.2 Å². The lowest BCUT2D eigenvalue weighted by Crippen LogP contribution is -2.33. The van der Waals surface area contributed by atoms with Gasteiger partial charge in [0.1, 0.15) is 0 Å². The molecular formula is C19H21F3N2S. The summed E-state index contributed by atoms with van der Waals surface area (Å²) in [7, 11) is 0. The highest BCUT2D eigenvalue weighted by Crippen LogP contribution is 2.29. The number of benzene rings is 2. The number of alkyl halides is 3. The van der Waals surface area contributed by atoms with Gasteiger partial charge in [0.05, 0.1) is 5.56 Å². The van der Waals surface area contributed by atoms with Crippen LogP contribution >= 0.6 is 12.2 Å². The molecule has 0 aliphatic heterocycles. The summed E-state index contributed by atoms with van der Waals surface area (Å²) in [5.41, 5.74) is 1.13. The highest BCUT2D eigenvalue weighted by atomic mass is 32.1. The maximum Gasteiger partial charge on any atom is 0.416 e. The van der Waals surface area contributed by atoms with Crippen LogP contribution in [0.15, 0.2) is 54.6 Å². The number of hydrogen-bond acceptors (Lipinski definition) is 1. The van der Waals surface area contributed by atoms with Gasteiger partial charge in [-0.1, -0.05) is 43.7 Å². The summed E-state index contributed by atoms with van der Waals surface area (Å²) in [5.74, 6) is 0.426. The Balaban J connectivity index is 1.83. The van der Waals surface area contributed by atoms with E-state index in [4.69, 9.17) is 12.2 Å². The second kappa shape index (κ2) is 8.85. The van der Waals surface area contributed by atoms with Gasteiger partial charge in [-0.2, -0.15) is 13.2 Å². The summed E-state index contributed by atoms with van der Waals surface area (Å²) in [4.78, 5) is 0. The predicted octanol–water partition coefficient (Wildman–Crippen LogP) is 5.26. The molecule has 25 heavy (non-hydrogen) atoms. The van der Waals surface area contributed by atoms with Crippen LogP contribution in [-0.4, -0.2) is 11.7 Å². The minimum atomic E-state index is -4.33. The first-order valence-corrected chi connectivity index (χ1v) is 8.55. The molecule has 6 heteroatoms. The molecule has 0 saturated carbocycles. The molecule has 0 fully saturated rings. The molecule has 0 amide bonds. The second-order valence-electron chi connectivity index (χ2n) is 5.87. The van der Waals surface area contributed by atoms with E-state index in [9.17, 15) is 13.2 Å². The summed E-state index contributed by atoms with van der Waals surface area (Å²) in [6, 6.07) is 15.0. The van der Waals surface area contributed by atoms with Gasteiger partial charge < -0.3 is 10.6 Å². The number of thiocarbonyl (C=S) groups is 1. The molecule has 2 nitrogen and oxygen atoms in total. The molecule has 2 N–H and O–H groups in total. The third-order valence-electron chi connectivity index (χ3n) is 3.97. The lowest BCUT2D eigenvalue weighted by molar-refractivity contribution is -0.137. The van der Waals surface area contributed by atoms with Gasteiger partial charge in [0.15, 0.2) is 5.11 Å². The molecule has 0 aliphatic rings. The van der Waals surface area contributed by atoms with Crippen molar-refractivity contribution in [3.05, 3.63) is 65.7 Å². The molecule has 1 unspecified atom stereocenters. The zero-order valence-electron chi connectivity index (χ0n) is 13.9. The Morgan fingerprint density at radius 3 is 2.24 bits per heavy atom. The average Bonchev–Trinajstić information content (AvgIpc) is 2.59. The van der Waals surface area contributed by atoms with Crippen molar-refractivity contribution in [1.29, 1.82) is 0 Å². The van der Waals surface area contributed by atoms with Crippen LogP contribution in [0.25, 0.3) is 0 Å². The topological polar surface area (TPSA) is 24.1 Å². The van der Waals surface area contributed by atoms with Crippen LogP contribution in [0.4, 0.5) is 18.9 Å². The molecule has 0 aliphatic carbocycles. The van der Waals surface area contributed by atoms with Gasteiger partial charge >= 0.3 is 6.18 Å². The van der Waals surface area contributed by atoms with E-state index in [2.05, 4.69) is 29.7 Å². The van der Waals surface area contributed by atoms with Gasteiger partial charge in [0, 0.05) is 12.2 Å². The van der Waals surface area contributed by atoms with Gasteiger partial charge in [0.2, 0.25) is 0 Å². The first-order valence-electron chi connectivity index (χ1n) is 8.14. The van der Waals surface area contributed by atoms with Gasteiger partial charge in [-0.25, -0.2) is 0 Å². The third-order valence-corrected chi connectivity index (χ3v) is 4.21. The van der Waals surface area contributed by atoms with Crippen LogP contribution in [0, 0.1) is 5.92 Å². The number of anilines is 1. The first kappa shape index (κ1) is 19.2. The van der Waals surface area contributed by atoms with Gasteiger partial charge in [-0.05, 0) is 54.4 Å². The Kier molecular flexibility index (Phi) is 6.82. The van der Waals surface area contributed by atoms with Crippen LogP contribution in [0.5, 0.6) is 0 Å². The molecule has 2 aromatic rings. The first-order chi connectivity index (χ1) is 11.9. The van der Waals surface area contributed by atoms with Crippen LogP contribution in [0.3, 0.4) is 0 Å². The van der Waals surface area contributed by atoms with E-state index in [0.717, 1.165) is 25.0 Å². The Bertz CT molecular complexity index is 669. The number of nitrogens with one attached hydrogen (secondary N) is 2. The van der Waals surface area contributed by atoms with E-state index in [0.29, 0.717) is 23.3 Å². The molecule has 0 radical (unpaired) electrons. The van der Waals surface area contributed by atoms with Crippen molar-refractivity contribution >= 4 is 23.0 Å². The van der Waals surface area contributed by atoms with E-state index < -0.39 is 11.7 Å². The van der Waals surface area contributed by atoms with E-state index in [1.54, 1.807) is 0 Å². The number of hydrogen-bond donors (Lipinski definition) is 2. The van der Waals surface area contributed by atoms with Gasteiger partial charge in [0.25, 0.3) is 0 Å². The van der Waals surface area contributed by atoms with E-state index in [-0.39, 0.29) is 0 Å². The fraction of sp³-hybridized carbons (Fsp3) is 0.316. The molecule has 2 aromatic carbocycles. The van der Waals surface area contributed by atoms with Crippen LogP contribution in [0.2, 0.25) is 0 Å². The smallest absolute Gasteiger partial charge is 0.362 e. The molecule has 2 rings (SSSR count). The largest absolute Gasteiger partial charge is 0.416 e. The fourth-order valence-corrected chi connectivity index (χ4v) is 2.66. The lowest BCUT2D eigenvalue weighted by atomic mass is 9.97. The van der Waals surface area contributed by atoms with Crippen molar-refractivity contribution in [2.24, 2.45) is 5.92 Å². The van der Waals surface area contributed by atoms with Crippen molar-refractivity contribution in [3.8, 4) is 0 Å². The quantitative estimate of drug-likeness (QED) is 0.682. The minimum Gasteiger partial charge on any atom is -0.362 e. The summed E-state index contributed by atoms with van der Waals surface area (Å²) in [6.45, 7) is 2.83. The molecule has 0 bridgehead atoms. The van der Waals surface area contributed by atoms with E-state index >= 15 is 0 Å². The summed E-state index contributed by atoms with van der Waals surface area (Å²) in [5, 5.41) is 6.47. The average molecular weight is 366 g/mol. The van der Waals surface area contributed by atoms with Crippen LogP contribution in [-0.2, 0) is 12.6 Å². The number of rotatable bonds is 6. The molecule has 134 valence electrons. The van der Waals surface area contributed by atoms with Crippen molar-refractivity contribution in [2.45, 2.75) is 25.9 Å². The van der Waals surface area contributed by atoms with Crippen LogP contribution < -0.4 is 10.6 Å². The minimum absolute atomic E-state index is 0.409. The summed E-state index contributed by atoms with van der Waals surface area (Å²) >= 11 is 5.23. The van der Waals surface area contributed by atoms with Gasteiger partial charge in [-0.3, -0.25) is 0 Å². The zero-order valence-corrected chi connectivity index (χ0v) is 14.8. The number of halogens is 3. The Morgan fingerprint density at radius 1 is 1.04 bits per heavy atom. The normalized spacial score (nSPS) is 12.5. The Morgan fingerprint density at radius 2 is 1.68 bits per heavy atom. The lowest BCUT2D eigenvalue weighted by Gasteiger charge is -2.18. The predicted molar refractivity (Wildman–Crippen MR) is 99.6 cm³/mol. The maximum atomic E-state index is 12.6. The monoisotopic (exact) mass is 366 g/mol. The van der Waals surface area contributed by atoms with Gasteiger partial charge in [-0.15, -0.1) is 0 Å². The molecule has 0 heterocycles. The van der Waals surface area contributed by atoms with E-state index in [1.807, 2.05) is 18.2 Å². The molecule has 1 atom stereocenters. The molecule has 0 spiro atoms. The summed E-state index contributed by atoms with van der Waals surface area (Å²) in [6.07, 6.45) is -2.37. The Labute approximate surface area is 151 Å². The second-order valence-corrected chi connectivity index (χ2v) is 6.28. The van der Waals surface area contributed by atoms with Crippen molar-refractivity contribution in [2.75, 3.05) is 11.9 Å². The third kappa shape index (κ3) is 6.38. The summed E-state index contributed by atoms with van der Waals surface area (Å²) < 4.78 is 37.7. The van der Waals surface area contributed by atoms with Crippen molar-refractivity contribution in [1.82, 2.24) is 5.32 Å². The maximum absolute atomic E-state index is 12.6. The SMILES string of the molecule is CCC(CNC(=S)Nc1ccc(C(F)(F)F)cc1)Cc1ccccc1. The highest BCUT2D eigenvalue weighted by molar-refractivity contribution is 7.80. The van der Waals surface area contributed by atoms with E-state index in [1.165, 1.54) is 17.7 Å². The molecule has 0 saturated heterocycles. The van der Waals surface area contributed by atoms with Crippen LogP contribution in [0.1, 0.15) is 24.5 Å². The van der Waals surface area contributed by atoms with Crippen molar-refractivity contribution in [3.63, 3.8) is 0 Å². The standard InChI is InChI=1S/C19H21F3N2S/c1-2-14(12-15-6-4-3-5-7-15)13-23-18(25)24-17-10-8-16(9-11-17)19(20,21)22/h3-11,14H,2,12-13H2,1H3,(H2,23,24,25). The molecule has 0 aromatic heterocycles. The Hall–Kier alpha value is -2.08. The fourth-order valence-electron chi connectivity index (χ4n) is 2.46. The zero-order chi connectivity index (χ0) is 18.3. The highest BCUT2D eigenvalue weighted by Gasteiger charge is 2.29. The molecular weight excluding hydrogens is 345 g/mol.